The molecule has 0 aliphatic carbocycles. The smallest absolute Gasteiger partial charge is 0.250 e. The summed E-state index contributed by atoms with van der Waals surface area (Å²) in [7, 11) is 0. The first kappa shape index (κ1) is 28.0. The number of likely N-dealkylation sites (tertiary alicyclic amines) is 1. The fourth-order valence-corrected chi connectivity index (χ4v) is 4.64. The Morgan fingerprint density at radius 3 is 2.26 bits per heavy atom. The maximum absolute atomic E-state index is 13.7. The van der Waals surface area contributed by atoms with E-state index in [1.807, 2.05) is 65.6 Å². The van der Waals surface area contributed by atoms with Crippen LogP contribution in [0.15, 0.2) is 73.2 Å². The van der Waals surface area contributed by atoms with Crippen LogP contribution in [0.3, 0.4) is 0 Å². The summed E-state index contributed by atoms with van der Waals surface area (Å²) in [5.41, 5.74) is 6.56. The summed E-state index contributed by atoms with van der Waals surface area (Å²) in [6, 6.07) is 17.5. The molecule has 39 heavy (non-hydrogen) atoms. The molecule has 206 valence electrons. The van der Waals surface area contributed by atoms with Crippen LogP contribution in [0.4, 0.5) is 5.82 Å². The summed E-state index contributed by atoms with van der Waals surface area (Å²) < 4.78 is 1.74. The van der Waals surface area contributed by atoms with E-state index in [9.17, 15) is 14.4 Å². The van der Waals surface area contributed by atoms with Gasteiger partial charge in [0.05, 0.1) is 11.9 Å². The number of rotatable bonds is 9. The lowest BCUT2D eigenvalue weighted by atomic mass is 9.97. The summed E-state index contributed by atoms with van der Waals surface area (Å²) >= 11 is 0. The van der Waals surface area contributed by atoms with Crippen molar-refractivity contribution in [1.82, 2.24) is 19.8 Å². The van der Waals surface area contributed by atoms with Crippen molar-refractivity contribution in [2.75, 3.05) is 18.4 Å². The number of benzene rings is 2. The predicted molar refractivity (Wildman–Crippen MR) is 151 cm³/mol. The van der Waals surface area contributed by atoms with Gasteiger partial charge in [0.25, 0.3) is 0 Å². The molecule has 9 heteroatoms. The Morgan fingerprint density at radius 1 is 1.03 bits per heavy atom. The lowest BCUT2D eigenvalue weighted by Gasteiger charge is -2.33. The fraction of sp³-hybridized carbons (Fsp3) is 0.400. The van der Waals surface area contributed by atoms with Crippen LogP contribution >= 0.6 is 0 Å². The van der Waals surface area contributed by atoms with Crippen LogP contribution in [0.5, 0.6) is 0 Å². The Morgan fingerprint density at radius 2 is 1.64 bits per heavy atom. The van der Waals surface area contributed by atoms with Gasteiger partial charge >= 0.3 is 0 Å². The van der Waals surface area contributed by atoms with Crippen LogP contribution in [0, 0.1) is 5.92 Å². The molecule has 1 fully saturated rings. The van der Waals surface area contributed by atoms with Crippen molar-refractivity contribution in [2.24, 2.45) is 11.7 Å². The van der Waals surface area contributed by atoms with Gasteiger partial charge in [-0.15, -0.1) is 0 Å². The second-order valence-electron chi connectivity index (χ2n) is 11.0. The lowest BCUT2D eigenvalue weighted by Crippen LogP contribution is -2.55. The number of carbonyl (C=O) groups excluding carboxylic acids is 3. The minimum Gasteiger partial charge on any atom is -0.342 e. The third kappa shape index (κ3) is 7.32. The molecule has 0 saturated carbocycles. The SMILES string of the molecule is CC1CCN(C(=O)C(c2ccccc2)n2cnc(NC(=O)[C@@H](Cc3ccccc3)NC(=O)C(C)(C)N)c2)CC1. The number of piperidine rings is 1. The molecule has 1 unspecified atom stereocenters. The molecule has 0 bridgehead atoms. The number of amides is 3. The molecule has 2 aromatic carbocycles. The topological polar surface area (TPSA) is 122 Å². The minimum absolute atomic E-state index is 0.00257. The zero-order valence-corrected chi connectivity index (χ0v) is 22.8. The van der Waals surface area contributed by atoms with Crippen LogP contribution in [0.1, 0.15) is 50.8 Å². The average molecular weight is 531 g/mol. The van der Waals surface area contributed by atoms with Gasteiger partial charge in [-0.05, 0) is 43.7 Å². The van der Waals surface area contributed by atoms with Crippen molar-refractivity contribution < 1.29 is 14.4 Å². The van der Waals surface area contributed by atoms with Gasteiger partial charge in [0, 0.05) is 25.7 Å². The molecule has 2 heterocycles. The van der Waals surface area contributed by atoms with Crippen molar-refractivity contribution in [2.45, 2.75) is 57.7 Å². The highest BCUT2D eigenvalue weighted by atomic mass is 16.2. The summed E-state index contributed by atoms with van der Waals surface area (Å²) in [6.45, 7) is 6.83. The van der Waals surface area contributed by atoms with E-state index in [0.717, 1.165) is 37.1 Å². The Kier molecular flexibility index (Phi) is 8.81. The molecule has 0 radical (unpaired) electrons. The Bertz CT molecular complexity index is 1260. The van der Waals surface area contributed by atoms with Gasteiger partial charge in [0.15, 0.2) is 5.82 Å². The fourth-order valence-electron chi connectivity index (χ4n) is 4.64. The summed E-state index contributed by atoms with van der Waals surface area (Å²) in [5.74, 6) is 0.0422. The highest BCUT2D eigenvalue weighted by Gasteiger charge is 2.31. The highest BCUT2D eigenvalue weighted by molar-refractivity contribution is 5.98. The average Bonchev–Trinajstić information content (AvgIpc) is 3.37. The molecule has 1 aliphatic rings. The first-order valence-corrected chi connectivity index (χ1v) is 13.4. The molecular formula is C30H38N6O3. The summed E-state index contributed by atoms with van der Waals surface area (Å²) in [4.78, 5) is 46.0. The second-order valence-corrected chi connectivity index (χ2v) is 11.0. The van der Waals surface area contributed by atoms with Crippen molar-refractivity contribution in [3.63, 3.8) is 0 Å². The van der Waals surface area contributed by atoms with Crippen LogP contribution < -0.4 is 16.4 Å². The number of hydrogen-bond donors (Lipinski definition) is 3. The number of anilines is 1. The molecule has 4 rings (SSSR count). The van der Waals surface area contributed by atoms with Gasteiger partial charge in [-0.2, -0.15) is 0 Å². The van der Waals surface area contributed by atoms with E-state index in [-0.39, 0.29) is 12.3 Å². The number of imidazole rings is 1. The number of nitrogens with zero attached hydrogens (tertiary/aromatic N) is 3. The Labute approximate surface area is 229 Å². The van der Waals surface area contributed by atoms with E-state index in [0.29, 0.717) is 11.7 Å². The van der Waals surface area contributed by atoms with Gasteiger partial charge in [0.1, 0.15) is 12.1 Å². The third-order valence-electron chi connectivity index (χ3n) is 7.09. The number of hydrogen-bond acceptors (Lipinski definition) is 5. The van der Waals surface area contributed by atoms with Gasteiger partial charge in [0.2, 0.25) is 17.7 Å². The quantitative estimate of drug-likeness (QED) is 0.392. The summed E-state index contributed by atoms with van der Waals surface area (Å²) in [5, 5.41) is 5.59. The molecule has 0 spiro atoms. The number of nitrogens with one attached hydrogen (secondary N) is 2. The number of aromatic nitrogens is 2. The Hall–Kier alpha value is -3.98. The normalized spacial score (nSPS) is 15.8. The van der Waals surface area contributed by atoms with E-state index in [4.69, 9.17) is 5.73 Å². The number of nitrogens with two attached hydrogens (primary N) is 1. The highest BCUT2D eigenvalue weighted by Crippen LogP contribution is 2.26. The lowest BCUT2D eigenvalue weighted by molar-refractivity contribution is -0.135. The maximum Gasteiger partial charge on any atom is 0.250 e. The first-order valence-electron chi connectivity index (χ1n) is 13.4. The van der Waals surface area contributed by atoms with Crippen molar-refractivity contribution in [1.29, 1.82) is 0 Å². The van der Waals surface area contributed by atoms with Crippen molar-refractivity contribution in [3.8, 4) is 0 Å². The molecule has 3 aromatic rings. The largest absolute Gasteiger partial charge is 0.342 e. The summed E-state index contributed by atoms with van der Waals surface area (Å²) in [6.07, 6.45) is 5.47. The monoisotopic (exact) mass is 530 g/mol. The van der Waals surface area contributed by atoms with E-state index in [1.165, 1.54) is 0 Å². The number of carbonyl (C=O) groups is 3. The standard InChI is InChI=1S/C30H38N6O3/c1-21-14-16-35(17-15-21)28(38)26(23-12-8-5-9-13-23)36-19-25(32-20-36)34-27(37)24(33-29(39)30(2,3)31)18-22-10-6-4-7-11-22/h4-13,19-21,24,26H,14-18,31H2,1-3H3,(H,33,39)(H,34,37)/t24-,26?/m1/s1. The molecule has 3 amide bonds. The second kappa shape index (κ2) is 12.3. The zero-order valence-electron chi connectivity index (χ0n) is 22.8. The van der Waals surface area contributed by atoms with Gasteiger partial charge in [-0.25, -0.2) is 4.98 Å². The molecule has 9 nitrogen and oxygen atoms in total. The minimum atomic E-state index is -1.15. The van der Waals surface area contributed by atoms with Crippen LogP contribution in [-0.2, 0) is 20.8 Å². The van der Waals surface area contributed by atoms with E-state index in [1.54, 1.807) is 30.9 Å². The van der Waals surface area contributed by atoms with Crippen molar-refractivity contribution >= 4 is 23.5 Å². The molecule has 1 saturated heterocycles. The van der Waals surface area contributed by atoms with Gasteiger partial charge in [-0.3, -0.25) is 14.4 Å². The van der Waals surface area contributed by atoms with E-state index < -0.39 is 29.4 Å². The van der Waals surface area contributed by atoms with Crippen LogP contribution in [0.2, 0.25) is 0 Å². The van der Waals surface area contributed by atoms with E-state index >= 15 is 0 Å². The van der Waals surface area contributed by atoms with Crippen LogP contribution in [0.25, 0.3) is 0 Å². The predicted octanol–water partition coefficient (Wildman–Crippen LogP) is 3.13. The zero-order chi connectivity index (χ0) is 28.0. The Balaban J connectivity index is 1.55. The molecule has 1 aliphatic heterocycles. The van der Waals surface area contributed by atoms with Crippen molar-refractivity contribution in [3.05, 3.63) is 84.3 Å². The molecule has 4 N–H and O–H groups in total. The first-order chi connectivity index (χ1) is 18.6. The van der Waals surface area contributed by atoms with Gasteiger partial charge in [-0.1, -0.05) is 67.6 Å². The van der Waals surface area contributed by atoms with E-state index in [2.05, 4.69) is 22.5 Å². The molecule has 1 aromatic heterocycles. The van der Waals surface area contributed by atoms with Gasteiger partial charge < -0.3 is 25.8 Å². The third-order valence-corrected chi connectivity index (χ3v) is 7.09. The van der Waals surface area contributed by atoms with Crippen LogP contribution in [-0.4, -0.2) is 56.8 Å². The molecule has 2 atom stereocenters. The maximum atomic E-state index is 13.7. The molecular weight excluding hydrogens is 492 g/mol.